The standard InChI is InChI=1S/C22H19N3O2S/c1-14(15-3-5-16(6-4-15)17-9-11-23-12-10-17)21(26)25-22-24-19-8-7-18(27-2)13-20(19)28-22/h3-14H,1-2H3,(H,24,25,26). The number of aromatic nitrogens is 2. The molecule has 28 heavy (non-hydrogen) atoms. The number of hydrogen-bond donors (Lipinski definition) is 1. The molecule has 6 heteroatoms. The van der Waals surface area contributed by atoms with Gasteiger partial charge in [0.2, 0.25) is 5.91 Å². The summed E-state index contributed by atoms with van der Waals surface area (Å²) in [7, 11) is 1.63. The van der Waals surface area contributed by atoms with Crippen LogP contribution in [0.3, 0.4) is 0 Å². The number of benzene rings is 2. The van der Waals surface area contributed by atoms with E-state index in [1.165, 1.54) is 11.3 Å². The molecule has 0 fully saturated rings. The highest BCUT2D eigenvalue weighted by molar-refractivity contribution is 7.22. The van der Waals surface area contributed by atoms with Gasteiger partial charge in [0.25, 0.3) is 0 Å². The molecule has 0 saturated carbocycles. The largest absolute Gasteiger partial charge is 0.497 e. The van der Waals surface area contributed by atoms with Gasteiger partial charge in [-0.25, -0.2) is 4.98 Å². The SMILES string of the molecule is COc1ccc2nc(NC(=O)C(C)c3ccc(-c4ccncc4)cc3)sc2c1. The highest BCUT2D eigenvalue weighted by Gasteiger charge is 2.17. The Morgan fingerprint density at radius 2 is 1.75 bits per heavy atom. The van der Waals surface area contributed by atoms with E-state index in [0.29, 0.717) is 5.13 Å². The lowest BCUT2D eigenvalue weighted by atomic mass is 9.97. The Hall–Kier alpha value is -3.25. The number of anilines is 1. The van der Waals surface area contributed by atoms with Gasteiger partial charge in [0, 0.05) is 12.4 Å². The maximum absolute atomic E-state index is 12.7. The first-order valence-electron chi connectivity index (χ1n) is 8.90. The zero-order valence-electron chi connectivity index (χ0n) is 15.5. The Labute approximate surface area is 167 Å². The van der Waals surface area contributed by atoms with Crippen molar-refractivity contribution in [1.82, 2.24) is 9.97 Å². The van der Waals surface area contributed by atoms with Crippen molar-refractivity contribution in [1.29, 1.82) is 0 Å². The molecule has 1 N–H and O–H groups in total. The lowest BCUT2D eigenvalue weighted by Gasteiger charge is -2.12. The number of ether oxygens (including phenoxy) is 1. The predicted octanol–water partition coefficient (Wildman–Crippen LogP) is 5.11. The third-order valence-corrected chi connectivity index (χ3v) is 5.58. The fourth-order valence-corrected chi connectivity index (χ4v) is 3.86. The van der Waals surface area contributed by atoms with E-state index in [4.69, 9.17) is 4.74 Å². The van der Waals surface area contributed by atoms with Gasteiger partial charge in [0.15, 0.2) is 5.13 Å². The van der Waals surface area contributed by atoms with Gasteiger partial charge in [-0.2, -0.15) is 0 Å². The minimum Gasteiger partial charge on any atom is -0.497 e. The van der Waals surface area contributed by atoms with Crippen LogP contribution in [0.5, 0.6) is 5.75 Å². The number of nitrogens with one attached hydrogen (secondary N) is 1. The fraction of sp³-hybridized carbons (Fsp3) is 0.136. The number of amides is 1. The zero-order chi connectivity index (χ0) is 19.5. The van der Waals surface area contributed by atoms with Gasteiger partial charge in [-0.3, -0.25) is 9.78 Å². The molecule has 140 valence electrons. The van der Waals surface area contributed by atoms with Crippen molar-refractivity contribution in [2.24, 2.45) is 0 Å². The summed E-state index contributed by atoms with van der Waals surface area (Å²) in [6.07, 6.45) is 3.54. The number of carbonyl (C=O) groups excluding carboxylic acids is 1. The van der Waals surface area contributed by atoms with Crippen LogP contribution in [0.25, 0.3) is 21.3 Å². The second kappa shape index (κ2) is 7.78. The van der Waals surface area contributed by atoms with Gasteiger partial charge in [-0.15, -0.1) is 0 Å². The summed E-state index contributed by atoms with van der Waals surface area (Å²) in [5.41, 5.74) is 4.00. The van der Waals surface area contributed by atoms with E-state index in [1.807, 2.05) is 61.5 Å². The lowest BCUT2D eigenvalue weighted by molar-refractivity contribution is -0.117. The summed E-state index contributed by atoms with van der Waals surface area (Å²) in [4.78, 5) is 21.2. The third-order valence-electron chi connectivity index (χ3n) is 4.64. The lowest BCUT2D eigenvalue weighted by Crippen LogP contribution is -2.18. The summed E-state index contributed by atoms with van der Waals surface area (Å²) in [6, 6.07) is 17.6. The molecule has 0 bridgehead atoms. The summed E-state index contributed by atoms with van der Waals surface area (Å²) in [5, 5.41) is 3.52. The molecular weight excluding hydrogens is 370 g/mol. The van der Waals surface area contributed by atoms with Crippen LogP contribution in [0.2, 0.25) is 0 Å². The molecule has 1 atom stereocenters. The van der Waals surface area contributed by atoms with Crippen molar-refractivity contribution in [2.75, 3.05) is 12.4 Å². The number of rotatable bonds is 5. The van der Waals surface area contributed by atoms with Crippen molar-refractivity contribution in [3.63, 3.8) is 0 Å². The van der Waals surface area contributed by atoms with Crippen molar-refractivity contribution in [3.8, 4) is 16.9 Å². The van der Waals surface area contributed by atoms with Gasteiger partial charge >= 0.3 is 0 Å². The number of pyridine rings is 1. The highest BCUT2D eigenvalue weighted by atomic mass is 32.1. The first kappa shape index (κ1) is 18.1. The van der Waals surface area contributed by atoms with Crippen LogP contribution < -0.4 is 10.1 Å². The van der Waals surface area contributed by atoms with E-state index in [9.17, 15) is 4.79 Å². The molecule has 1 amide bonds. The minimum atomic E-state index is -0.284. The first-order valence-corrected chi connectivity index (χ1v) is 9.71. The Morgan fingerprint density at radius 3 is 2.46 bits per heavy atom. The van der Waals surface area contributed by atoms with Crippen molar-refractivity contribution >= 4 is 32.6 Å². The Balaban J connectivity index is 1.48. The zero-order valence-corrected chi connectivity index (χ0v) is 16.4. The number of nitrogens with zero attached hydrogens (tertiary/aromatic N) is 2. The van der Waals surface area contributed by atoms with E-state index < -0.39 is 0 Å². The van der Waals surface area contributed by atoms with Gasteiger partial charge < -0.3 is 10.1 Å². The molecule has 2 aromatic heterocycles. The number of carbonyl (C=O) groups is 1. The van der Waals surface area contributed by atoms with Crippen molar-refractivity contribution in [3.05, 3.63) is 72.6 Å². The average molecular weight is 389 g/mol. The molecule has 2 heterocycles. The minimum absolute atomic E-state index is 0.0808. The quantitative estimate of drug-likeness (QED) is 0.515. The molecule has 5 nitrogen and oxygen atoms in total. The monoisotopic (exact) mass is 389 g/mol. The van der Waals surface area contributed by atoms with Crippen LogP contribution >= 0.6 is 11.3 Å². The van der Waals surface area contributed by atoms with Crippen LogP contribution in [0.4, 0.5) is 5.13 Å². The van der Waals surface area contributed by atoms with Crippen molar-refractivity contribution in [2.45, 2.75) is 12.8 Å². The number of thiazole rings is 1. The molecule has 0 aliphatic carbocycles. The molecule has 0 aliphatic heterocycles. The summed E-state index contributed by atoms with van der Waals surface area (Å²) >= 11 is 1.44. The van der Waals surface area contributed by atoms with Crippen molar-refractivity contribution < 1.29 is 9.53 Å². The molecule has 0 radical (unpaired) electrons. The van der Waals surface area contributed by atoms with Crippen LogP contribution in [0, 0.1) is 0 Å². The highest BCUT2D eigenvalue weighted by Crippen LogP contribution is 2.30. The maximum atomic E-state index is 12.7. The molecule has 0 spiro atoms. The number of methoxy groups -OCH3 is 1. The van der Waals surface area contributed by atoms with Crippen LogP contribution in [0.15, 0.2) is 67.0 Å². The smallest absolute Gasteiger partial charge is 0.233 e. The molecule has 0 saturated heterocycles. The fourth-order valence-electron chi connectivity index (χ4n) is 2.96. The molecule has 4 rings (SSSR count). The summed E-state index contributed by atoms with van der Waals surface area (Å²) < 4.78 is 6.21. The Morgan fingerprint density at radius 1 is 1.04 bits per heavy atom. The van der Waals surface area contributed by atoms with Crippen LogP contribution in [-0.4, -0.2) is 23.0 Å². The average Bonchev–Trinajstić information content (AvgIpc) is 3.15. The third kappa shape index (κ3) is 3.73. The topological polar surface area (TPSA) is 64.1 Å². The molecular formula is C22H19N3O2S. The van der Waals surface area contributed by atoms with Gasteiger partial charge in [-0.1, -0.05) is 35.6 Å². The normalized spacial score (nSPS) is 11.9. The van der Waals surface area contributed by atoms with E-state index in [1.54, 1.807) is 19.5 Å². The number of fused-ring (bicyclic) bond motifs is 1. The van der Waals surface area contributed by atoms with Gasteiger partial charge in [-0.05, 0) is 53.9 Å². The number of hydrogen-bond acceptors (Lipinski definition) is 5. The maximum Gasteiger partial charge on any atom is 0.233 e. The second-order valence-electron chi connectivity index (χ2n) is 6.42. The van der Waals surface area contributed by atoms with Crippen LogP contribution in [0.1, 0.15) is 18.4 Å². The van der Waals surface area contributed by atoms with Gasteiger partial charge in [0.1, 0.15) is 5.75 Å². The van der Waals surface area contributed by atoms with E-state index in [-0.39, 0.29) is 11.8 Å². The molecule has 1 unspecified atom stereocenters. The first-order chi connectivity index (χ1) is 13.6. The van der Waals surface area contributed by atoms with E-state index >= 15 is 0 Å². The van der Waals surface area contributed by atoms with E-state index in [2.05, 4.69) is 15.3 Å². The summed E-state index contributed by atoms with van der Waals surface area (Å²) in [5.74, 6) is 0.410. The van der Waals surface area contributed by atoms with Crippen LogP contribution in [-0.2, 0) is 4.79 Å². The summed E-state index contributed by atoms with van der Waals surface area (Å²) in [6.45, 7) is 1.90. The van der Waals surface area contributed by atoms with E-state index in [0.717, 1.165) is 32.7 Å². The Kier molecular flexibility index (Phi) is 5.04. The molecule has 2 aromatic carbocycles. The van der Waals surface area contributed by atoms with Gasteiger partial charge in [0.05, 0.1) is 23.2 Å². The molecule has 0 aliphatic rings. The predicted molar refractivity (Wildman–Crippen MR) is 113 cm³/mol. The Bertz CT molecular complexity index is 1110. The second-order valence-corrected chi connectivity index (χ2v) is 7.45. The molecule has 4 aromatic rings.